The van der Waals surface area contributed by atoms with E-state index >= 15 is 0 Å². The van der Waals surface area contributed by atoms with Gasteiger partial charge in [0.05, 0.1) is 4.90 Å². The molecule has 5 nitrogen and oxygen atoms in total. The zero-order valence-electron chi connectivity index (χ0n) is 13.0. The molecule has 0 aliphatic carbocycles. The Morgan fingerprint density at radius 2 is 1.86 bits per heavy atom. The zero-order chi connectivity index (χ0) is 15.6. The fourth-order valence-corrected chi connectivity index (χ4v) is 4.36. The minimum atomic E-state index is -3.44. The van der Waals surface area contributed by atoms with Crippen molar-refractivity contribution in [2.45, 2.75) is 38.1 Å². The molecule has 6 heteroatoms. The SMILES string of the molecule is CCC(C)N1CCN(S(=O)(=O)c2cc(N)ccc2C)CC1. The first kappa shape index (κ1) is 16.3. The summed E-state index contributed by atoms with van der Waals surface area (Å²) in [6, 6.07) is 5.56. The van der Waals surface area contributed by atoms with Crippen molar-refractivity contribution in [1.29, 1.82) is 0 Å². The van der Waals surface area contributed by atoms with Crippen molar-refractivity contribution < 1.29 is 8.42 Å². The first-order valence-electron chi connectivity index (χ1n) is 7.46. The molecular weight excluding hydrogens is 286 g/mol. The fourth-order valence-electron chi connectivity index (χ4n) is 2.68. The van der Waals surface area contributed by atoms with E-state index in [0.29, 0.717) is 29.7 Å². The van der Waals surface area contributed by atoms with E-state index in [2.05, 4.69) is 18.7 Å². The van der Waals surface area contributed by atoms with Gasteiger partial charge in [-0.3, -0.25) is 4.90 Å². The summed E-state index contributed by atoms with van der Waals surface area (Å²) >= 11 is 0. The van der Waals surface area contributed by atoms with Crippen LogP contribution in [0.4, 0.5) is 5.69 Å². The lowest BCUT2D eigenvalue weighted by molar-refractivity contribution is 0.142. The third kappa shape index (κ3) is 3.39. The lowest BCUT2D eigenvalue weighted by Crippen LogP contribution is -2.51. The van der Waals surface area contributed by atoms with Crippen molar-refractivity contribution in [3.63, 3.8) is 0 Å². The number of hydrogen-bond donors (Lipinski definition) is 1. The minimum absolute atomic E-state index is 0.333. The highest BCUT2D eigenvalue weighted by Crippen LogP contribution is 2.23. The Morgan fingerprint density at radius 1 is 1.24 bits per heavy atom. The fraction of sp³-hybridized carbons (Fsp3) is 0.600. The number of nitrogen functional groups attached to an aromatic ring is 1. The predicted octanol–water partition coefficient (Wildman–Crippen LogP) is 1.68. The molecule has 1 aliphatic rings. The molecule has 1 heterocycles. The number of piperazine rings is 1. The summed E-state index contributed by atoms with van der Waals surface area (Å²) in [5.74, 6) is 0. The number of rotatable bonds is 4. The molecule has 118 valence electrons. The summed E-state index contributed by atoms with van der Waals surface area (Å²) in [7, 11) is -3.44. The van der Waals surface area contributed by atoms with E-state index in [1.165, 1.54) is 0 Å². The van der Waals surface area contributed by atoms with Crippen LogP contribution in [0.25, 0.3) is 0 Å². The maximum atomic E-state index is 12.8. The van der Waals surface area contributed by atoms with Crippen LogP contribution >= 0.6 is 0 Å². The quantitative estimate of drug-likeness (QED) is 0.859. The molecule has 2 rings (SSSR count). The maximum absolute atomic E-state index is 12.8. The van der Waals surface area contributed by atoms with Crippen LogP contribution in [0.1, 0.15) is 25.8 Å². The average molecular weight is 311 g/mol. The van der Waals surface area contributed by atoms with Crippen molar-refractivity contribution >= 4 is 15.7 Å². The van der Waals surface area contributed by atoms with Gasteiger partial charge in [0.25, 0.3) is 0 Å². The second-order valence-corrected chi connectivity index (χ2v) is 7.63. The lowest BCUT2D eigenvalue weighted by atomic mass is 10.2. The predicted molar refractivity (Wildman–Crippen MR) is 85.7 cm³/mol. The standard InChI is InChI=1S/C15H25N3O2S/c1-4-13(3)17-7-9-18(10-8-17)21(19,20)15-11-14(16)6-5-12(15)2/h5-6,11,13H,4,7-10,16H2,1-3H3. The summed E-state index contributed by atoms with van der Waals surface area (Å²) in [6.45, 7) is 8.81. The molecule has 0 saturated carbocycles. The molecule has 1 unspecified atom stereocenters. The Morgan fingerprint density at radius 3 is 2.43 bits per heavy atom. The monoisotopic (exact) mass is 311 g/mol. The Bertz CT molecular complexity index is 593. The van der Waals surface area contributed by atoms with Gasteiger partial charge in [-0.2, -0.15) is 4.31 Å². The van der Waals surface area contributed by atoms with Crippen molar-refractivity contribution in [3.05, 3.63) is 23.8 Å². The molecule has 1 saturated heterocycles. The third-order valence-electron chi connectivity index (χ3n) is 4.32. The smallest absolute Gasteiger partial charge is 0.243 e. The molecule has 1 aliphatic heterocycles. The van der Waals surface area contributed by atoms with Gasteiger partial charge >= 0.3 is 0 Å². The van der Waals surface area contributed by atoms with Crippen LogP contribution in [0.2, 0.25) is 0 Å². The molecule has 2 N–H and O–H groups in total. The molecule has 0 amide bonds. The van der Waals surface area contributed by atoms with E-state index in [0.717, 1.165) is 25.1 Å². The summed E-state index contributed by atoms with van der Waals surface area (Å²) in [6.07, 6.45) is 1.08. The van der Waals surface area contributed by atoms with Gasteiger partial charge in [-0.25, -0.2) is 8.42 Å². The zero-order valence-corrected chi connectivity index (χ0v) is 13.9. The molecule has 1 aromatic rings. The number of sulfonamides is 1. The average Bonchev–Trinajstić information content (AvgIpc) is 2.49. The molecule has 0 spiro atoms. The maximum Gasteiger partial charge on any atom is 0.243 e. The Labute approximate surface area is 127 Å². The number of anilines is 1. The number of aryl methyl sites for hydroxylation is 1. The lowest BCUT2D eigenvalue weighted by Gasteiger charge is -2.37. The van der Waals surface area contributed by atoms with Crippen LogP contribution < -0.4 is 5.73 Å². The van der Waals surface area contributed by atoms with Gasteiger partial charge in [0, 0.05) is 37.9 Å². The van der Waals surface area contributed by atoms with E-state index in [-0.39, 0.29) is 0 Å². The molecule has 1 fully saturated rings. The van der Waals surface area contributed by atoms with Gasteiger partial charge in [0.2, 0.25) is 10.0 Å². The third-order valence-corrected chi connectivity index (χ3v) is 6.36. The first-order chi connectivity index (χ1) is 9.86. The van der Waals surface area contributed by atoms with Crippen LogP contribution in [0.3, 0.4) is 0 Å². The van der Waals surface area contributed by atoms with Crippen LogP contribution in [0, 0.1) is 6.92 Å². The van der Waals surface area contributed by atoms with E-state index in [1.54, 1.807) is 22.5 Å². The Kier molecular flexibility index (Phi) is 4.91. The molecular formula is C15H25N3O2S. The van der Waals surface area contributed by atoms with Gasteiger partial charge in [0.1, 0.15) is 0 Å². The highest BCUT2D eigenvalue weighted by Gasteiger charge is 2.30. The van der Waals surface area contributed by atoms with Crippen LogP contribution in [0.15, 0.2) is 23.1 Å². The van der Waals surface area contributed by atoms with E-state index in [4.69, 9.17) is 5.73 Å². The largest absolute Gasteiger partial charge is 0.399 e. The number of nitrogens with zero attached hydrogens (tertiary/aromatic N) is 2. The van der Waals surface area contributed by atoms with E-state index in [1.807, 2.05) is 6.92 Å². The van der Waals surface area contributed by atoms with Crippen LogP contribution in [-0.2, 0) is 10.0 Å². The second-order valence-electron chi connectivity index (χ2n) is 5.72. The van der Waals surface area contributed by atoms with Crippen molar-refractivity contribution in [2.24, 2.45) is 0 Å². The molecule has 1 aromatic carbocycles. The van der Waals surface area contributed by atoms with Gasteiger partial charge in [0.15, 0.2) is 0 Å². The van der Waals surface area contributed by atoms with Gasteiger partial charge in [-0.05, 0) is 38.0 Å². The second kappa shape index (κ2) is 6.34. The Balaban J connectivity index is 2.17. The normalized spacial score (nSPS) is 19.6. The highest BCUT2D eigenvalue weighted by molar-refractivity contribution is 7.89. The van der Waals surface area contributed by atoms with Crippen molar-refractivity contribution in [1.82, 2.24) is 9.21 Å². The number of hydrogen-bond acceptors (Lipinski definition) is 4. The van der Waals surface area contributed by atoms with Gasteiger partial charge in [-0.1, -0.05) is 13.0 Å². The summed E-state index contributed by atoms with van der Waals surface area (Å²) in [5.41, 5.74) is 6.97. The van der Waals surface area contributed by atoms with E-state index < -0.39 is 10.0 Å². The summed E-state index contributed by atoms with van der Waals surface area (Å²) < 4.78 is 27.1. The molecule has 0 aromatic heterocycles. The van der Waals surface area contributed by atoms with Crippen molar-refractivity contribution in [3.8, 4) is 0 Å². The molecule has 1 atom stereocenters. The van der Waals surface area contributed by atoms with Crippen LogP contribution in [0.5, 0.6) is 0 Å². The number of nitrogens with two attached hydrogens (primary N) is 1. The summed E-state index contributed by atoms with van der Waals surface area (Å²) in [4.78, 5) is 2.68. The summed E-state index contributed by atoms with van der Waals surface area (Å²) in [5, 5.41) is 0. The van der Waals surface area contributed by atoms with Crippen molar-refractivity contribution in [2.75, 3.05) is 31.9 Å². The van der Waals surface area contributed by atoms with Gasteiger partial charge in [-0.15, -0.1) is 0 Å². The van der Waals surface area contributed by atoms with Crippen LogP contribution in [-0.4, -0.2) is 49.8 Å². The number of benzene rings is 1. The highest BCUT2D eigenvalue weighted by atomic mass is 32.2. The first-order valence-corrected chi connectivity index (χ1v) is 8.90. The molecule has 0 bridgehead atoms. The molecule has 21 heavy (non-hydrogen) atoms. The topological polar surface area (TPSA) is 66.6 Å². The Hall–Kier alpha value is -1.11. The van der Waals surface area contributed by atoms with Gasteiger partial charge < -0.3 is 5.73 Å². The molecule has 0 radical (unpaired) electrons. The van der Waals surface area contributed by atoms with E-state index in [9.17, 15) is 8.42 Å². The minimum Gasteiger partial charge on any atom is -0.399 e.